The first-order valence-electron chi connectivity index (χ1n) is 15.5. The molecule has 2 fully saturated rings. The molecule has 11 heteroatoms. The quantitative estimate of drug-likeness (QED) is 0.263. The minimum absolute atomic E-state index is 0.0641. The molecule has 1 unspecified atom stereocenters. The largest absolute Gasteiger partial charge is 0.351 e. The molecular formula is C33H38FN7O2S. The van der Waals surface area contributed by atoms with Crippen molar-refractivity contribution in [2.75, 3.05) is 13.1 Å². The molecule has 9 nitrogen and oxygen atoms in total. The molecule has 2 aromatic heterocycles. The van der Waals surface area contributed by atoms with Gasteiger partial charge in [0.25, 0.3) is 0 Å². The van der Waals surface area contributed by atoms with Crippen LogP contribution in [0.1, 0.15) is 62.1 Å². The van der Waals surface area contributed by atoms with Crippen LogP contribution in [-0.4, -0.2) is 67.0 Å². The number of carbonyl (C=O) groups is 2. The average molecular weight is 616 g/mol. The van der Waals surface area contributed by atoms with Gasteiger partial charge in [0.1, 0.15) is 18.4 Å². The Morgan fingerprint density at radius 1 is 0.955 bits per heavy atom. The summed E-state index contributed by atoms with van der Waals surface area (Å²) >= 11 is 1.50. The van der Waals surface area contributed by atoms with Gasteiger partial charge in [0.2, 0.25) is 17.6 Å². The van der Waals surface area contributed by atoms with Crippen molar-refractivity contribution in [2.45, 2.75) is 76.2 Å². The third-order valence-electron chi connectivity index (χ3n) is 8.62. The van der Waals surface area contributed by atoms with Crippen LogP contribution in [0.25, 0.3) is 10.7 Å². The number of amides is 2. The number of benzene rings is 2. The maximum atomic E-state index is 14.3. The van der Waals surface area contributed by atoms with E-state index < -0.39 is 6.04 Å². The first kappa shape index (κ1) is 30.1. The minimum Gasteiger partial charge on any atom is -0.351 e. The lowest BCUT2D eigenvalue weighted by Crippen LogP contribution is -2.54. The lowest BCUT2D eigenvalue weighted by atomic mass is 9.93. The second-order valence-corrected chi connectivity index (χ2v) is 12.7. The fourth-order valence-corrected chi connectivity index (χ4v) is 7.03. The summed E-state index contributed by atoms with van der Waals surface area (Å²) in [5.41, 5.74) is 1.83. The molecule has 6 rings (SSSR count). The van der Waals surface area contributed by atoms with E-state index in [4.69, 9.17) is 0 Å². The Kier molecular flexibility index (Phi) is 9.72. The molecule has 4 aromatic rings. The van der Waals surface area contributed by atoms with Crippen molar-refractivity contribution in [3.63, 3.8) is 0 Å². The molecule has 0 bridgehead atoms. The van der Waals surface area contributed by atoms with E-state index in [0.717, 1.165) is 56.6 Å². The van der Waals surface area contributed by atoms with Crippen LogP contribution in [0.5, 0.6) is 0 Å². The van der Waals surface area contributed by atoms with Gasteiger partial charge in [-0.05, 0) is 65.6 Å². The predicted molar refractivity (Wildman–Crippen MR) is 167 cm³/mol. The number of tetrazole rings is 1. The third kappa shape index (κ3) is 7.39. The van der Waals surface area contributed by atoms with Crippen LogP contribution in [0.3, 0.4) is 0 Å². The smallest absolute Gasteiger partial charge is 0.247 e. The number of nitrogens with zero attached hydrogens (tertiary/aromatic N) is 6. The molecule has 1 saturated carbocycles. The van der Waals surface area contributed by atoms with Gasteiger partial charge in [-0.15, -0.1) is 21.5 Å². The lowest BCUT2D eigenvalue weighted by Gasteiger charge is -2.42. The number of likely N-dealkylation sites (tertiary alicyclic amines) is 1. The zero-order chi connectivity index (χ0) is 30.3. The molecule has 44 heavy (non-hydrogen) atoms. The van der Waals surface area contributed by atoms with Gasteiger partial charge in [-0.25, -0.2) is 4.39 Å². The Labute approximate surface area is 261 Å². The highest BCUT2D eigenvalue weighted by molar-refractivity contribution is 7.13. The number of hydrogen-bond donors (Lipinski definition) is 1. The van der Waals surface area contributed by atoms with Crippen molar-refractivity contribution in [3.05, 3.63) is 89.1 Å². The van der Waals surface area contributed by atoms with Crippen molar-refractivity contribution < 1.29 is 14.0 Å². The van der Waals surface area contributed by atoms with Crippen molar-refractivity contribution >= 4 is 23.2 Å². The van der Waals surface area contributed by atoms with Crippen LogP contribution < -0.4 is 5.32 Å². The molecule has 1 aliphatic carbocycles. The van der Waals surface area contributed by atoms with Crippen LogP contribution in [0, 0.1) is 5.82 Å². The van der Waals surface area contributed by atoms with E-state index in [-0.39, 0.29) is 36.3 Å². The number of halogens is 1. The number of aromatic nitrogens is 4. The van der Waals surface area contributed by atoms with Gasteiger partial charge in [-0.3, -0.25) is 14.5 Å². The third-order valence-corrected chi connectivity index (χ3v) is 9.49. The Morgan fingerprint density at radius 3 is 2.41 bits per heavy atom. The lowest BCUT2D eigenvalue weighted by molar-refractivity contribution is -0.146. The zero-order valence-electron chi connectivity index (χ0n) is 24.7. The van der Waals surface area contributed by atoms with Crippen LogP contribution >= 0.6 is 11.3 Å². The number of carbonyl (C=O) groups excluding carboxylic acids is 2. The summed E-state index contributed by atoms with van der Waals surface area (Å²) in [4.78, 5) is 34.7. The average Bonchev–Trinajstić information content (AvgIpc) is 3.75. The predicted octanol–water partition coefficient (Wildman–Crippen LogP) is 5.22. The van der Waals surface area contributed by atoms with Gasteiger partial charge < -0.3 is 10.2 Å². The summed E-state index contributed by atoms with van der Waals surface area (Å²) in [5.74, 6) is -0.428. The van der Waals surface area contributed by atoms with E-state index in [1.807, 2.05) is 35.7 Å². The van der Waals surface area contributed by atoms with Crippen molar-refractivity contribution in [1.82, 2.24) is 35.3 Å². The van der Waals surface area contributed by atoms with Gasteiger partial charge >= 0.3 is 0 Å². The molecule has 1 saturated heterocycles. The Morgan fingerprint density at radius 2 is 1.70 bits per heavy atom. The Balaban J connectivity index is 1.27. The molecule has 230 valence electrons. The summed E-state index contributed by atoms with van der Waals surface area (Å²) in [7, 11) is 0. The van der Waals surface area contributed by atoms with Gasteiger partial charge in [0.05, 0.1) is 4.88 Å². The first-order chi connectivity index (χ1) is 21.5. The molecule has 1 N–H and O–H groups in total. The van der Waals surface area contributed by atoms with Gasteiger partial charge in [0, 0.05) is 31.7 Å². The van der Waals surface area contributed by atoms with Crippen molar-refractivity contribution in [3.8, 4) is 10.7 Å². The minimum atomic E-state index is -0.906. The van der Waals surface area contributed by atoms with Crippen molar-refractivity contribution in [2.24, 2.45) is 0 Å². The van der Waals surface area contributed by atoms with E-state index in [1.165, 1.54) is 33.8 Å². The fourth-order valence-electron chi connectivity index (χ4n) is 6.38. The molecule has 0 radical (unpaired) electrons. The summed E-state index contributed by atoms with van der Waals surface area (Å²) in [6.07, 6.45) is 6.55. The first-order valence-corrected chi connectivity index (χ1v) is 16.4. The number of hydrogen-bond acceptors (Lipinski definition) is 7. The van der Waals surface area contributed by atoms with E-state index in [0.29, 0.717) is 24.2 Å². The van der Waals surface area contributed by atoms with Gasteiger partial charge in [-0.1, -0.05) is 67.8 Å². The number of piperidine rings is 1. The second-order valence-electron chi connectivity index (χ2n) is 11.7. The van der Waals surface area contributed by atoms with E-state index in [2.05, 4.69) is 37.8 Å². The van der Waals surface area contributed by atoms with E-state index in [1.54, 1.807) is 17.0 Å². The number of rotatable bonds is 10. The van der Waals surface area contributed by atoms with E-state index in [9.17, 15) is 14.0 Å². The van der Waals surface area contributed by atoms with Crippen LogP contribution in [0.15, 0.2) is 72.1 Å². The standard InChI is InChI=1S/C33H38FN7O2S/c34-26-15-13-25(14-16-26)31(33(43)35-27-10-5-2-6-11-27)41(28-17-19-39(20-18-28)22-24-8-3-1-4-9-24)30(42)23-40-37-32(36-38-40)29-12-7-21-44-29/h1,3-4,7-9,12-16,21,27-28,31H,2,5-6,10-11,17-20,22-23H2,(H,35,43). The fraction of sp³-hybridized carbons (Fsp3) is 0.424. The molecule has 2 amide bonds. The summed E-state index contributed by atoms with van der Waals surface area (Å²) < 4.78 is 14.1. The second kappa shape index (κ2) is 14.2. The highest BCUT2D eigenvalue weighted by atomic mass is 32.1. The molecule has 2 aromatic carbocycles. The van der Waals surface area contributed by atoms with Crippen LogP contribution in [0.2, 0.25) is 0 Å². The summed E-state index contributed by atoms with van der Waals surface area (Å²) in [5, 5.41) is 18.0. The number of nitrogens with one attached hydrogen (secondary N) is 1. The molecule has 1 atom stereocenters. The van der Waals surface area contributed by atoms with E-state index >= 15 is 0 Å². The Bertz CT molecular complexity index is 1500. The monoisotopic (exact) mass is 615 g/mol. The Hall–Kier alpha value is -3.96. The zero-order valence-corrected chi connectivity index (χ0v) is 25.5. The normalized spacial score (nSPS) is 17.3. The molecule has 3 heterocycles. The van der Waals surface area contributed by atoms with Crippen LogP contribution in [0.4, 0.5) is 4.39 Å². The highest BCUT2D eigenvalue weighted by Crippen LogP contribution is 2.31. The summed E-state index contributed by atoms with van der Waals surface area (Å²) in [6, 6.07) is 19.1. The molecular weight excluding hydrogens is 577 g/mol. The SMILES string of the molecule is O=C(NC1CCCCC1)C(c1ccc(F)cc1)N(C(=O)Cn1nnc(-c2cccs2)n1)C1CCN(Cc2ccccc2)CC1. The maximum Gasteiger partial charge on any atom is 0.247 e. The van der Waals surface area contributed by atoms with Crippen LogP contribution in [-0.2, 0) is 22.7 Å². The van der Waals surface area contributed by atoms with Gasteiger partial charge in [-0.2, -0.15) is 4.80 Å². The van der Waals surface area contributed by atoms with Gasteiger partial charge in [0.15, 0.2) is 0 Å². The topological polar surface area (TPSA) is 96.2 Å². The molecule has 1 aliphatic heterocycles. The molecule has 2 aliphatic rings. The summed E-state index contributed by atoms with van der Waals surface area (Å²) in [6.45, 7) is 2.25. The maximum absolute atomic E-state index is 14.3. The van der Waals surface area contributed by atoms with Crippen molar-refractivity contribution in [1.29, 1.82) is 0 Å². The number of thiophene rings is 1. The highest BCUT2D eigenvalue weighted by Gasteiger charge is 2.39. The molecule has 0 spiro atoms.